The Labute approximate surface area is 104 Å². The van der Waals surface area contributed by atoms with E-state index in [1.54, 1.807) is 13.0 Å². The maximum atomic E-state index is 11.6. The molecule has 0 aliphatic heterocycles. The van der Waals surface area contributed by atoms with E-state index in [2.05, 4.69) is 10.3 Å². The van der Waals surface area contributed by atoms with Gasteiger partial charge in [-0.15, -0.1) is 0 Å². The molecule has 3 rings (SSSR count). The number of anilines is 1. The van der Waals surface area contributed by atoms with Crippen LogP contribution in [0.3, 0.4) is 0 Å². The number of aryl methyl sites for hydroxylation is 1. The van der Waals surface area contributed by atoms with Crippen molar-refractivity contribution in [3.63, 3.8) is 0 Å². The molecule has 2 N–H and O–H groups in total. The summed E-state index contributed by atoms with van der Waals surface area (Å²) in [6.45, 7) is 1.78. The maximum Gasteiger partial charge on any atom is 0.251 e. The summed E-state index contributed by atoms with van der Waals surface area (Å²) in [5.41, 5.74) is 2.09. The number of hydrogen-bond acceptors (Lipinski definition) is 2. The Bertz CT molecular complexity index is 684. The van der Waals surface area contributed by atoms with Crippen molar-refractivity contribution in [2.75, 3.05) is 5.32 Å². The normalized spacial score (nSPS) is 14.7. The second kappa shape index (κ2) is 3.98. The highest BCUT2D eigenvalue weighted by atomic mass is 16.2. The van der Waals surface area contributed by atoms with Gasteiger partial charge in [0, 0.05) is 17.2 Å². The Morgan fingerprint density at radius 1 is 1.33 bits per heavy atom. The predicted octanol–water partition coefficient (Wildman–Crippen LogP) is 2.19. The number of carbonyl (C=O) groups is 1. The minimum absolute atomic E-state index is 0.0730. The van der Waals surface area contributed by atoms with Crippen molar-refractivity contribution in [3.8, 4) is 0 Å². The molecule has 1 saturated carbocycles. The Hall–Kier alpha value is -2.10. The van der Waals surface area contributed by atoms with Crippen molar-refractivity contribution < 1.29 is 4.79 Å². The van der Waals surface area contributed by atoms with E-state index in [0.717, 1.165) is 29.4 Å². The quantitative estimate of drug-likeness (QED) is 0.847. The summed E-state index contributed by atoms with van der Waals surface area (Å²) in [6.07, 6.45) is 1.96. The van der Waals surface area contributed by atoms with E-state index in [4.69, 9.17) is 0 Å². The third-order valence-electron chi connectivity index (χ3n) is 3.25. The van der Waals surface area contributed by atoms with Gasteiger partial charge in [-0.05, 0) is 43.4 Å². The van der Waals surface area contributed by atoms with Gasteiger partial charge in [0.1, 0.15) is 0 Å². The van der Waals surface area contributed by atoms with Crippen molar-refractivity contribution in [1.29, 1.82) is 0 Å². The van der Waals surface area contributed by atoms with Gasteiger partial charge in [0.05, 0.1) is 5.52 Å². The van der Waals surface area contributed by atoms with Crippen LogP contribution < -0.4 is 10.9 Å². The number of pyridine rings is 1. The lowest BCUT2D eigenvalue weighted by Crippen LogP contribution is -2.13. The zero-order valence-electron chi connectivity index (χ0n) is 10.1. The summed E-state index contributed by atoms with van der Waals surface area (Å²) < 4.78 is 0. The predicted molar refractivity (Wildman–Crippen MR) is 70.7 cm³/mol. The summed E-state index contributed by atoms with van der Waals surface area (Å²) in [5, 5.41) is 3.84. The average molecular weight is 242 g/mol. The first-order valence-corrected chi connectivity index (χ1v) is 6.08. The van der Waals surface area contributed by atoms with Gasteiger partial charge in [0.25, 0.3) is 5.56 Å². The van der Waals surface area contributed by atoms with E-state index in [1.807, 2.05) is 18.2 Å². The van der Waals surface area contributed by atoms with Crippen LogP contribution in [0.1, 0.15) is 18.4 Å². The minimum Gasteiger partial charge on any atom is -0.326 e. The van der Waals surface area contributed by atoms with Crippen molar-refractivity contribution in [3.05, 3.63) is 40.2 Å². The number of amides is 1. The molecule has 1 amide bonds. The van der Waals surface area contributed by atoms with E-state index >= 15 is 0 Å². The summed E-state index contributed by atoms with van der Waals surface area (Å²) in [7, 11) is 0. The lowest BCUT2D eigenvalue weighted by molar-refractivity contribution is -0.117. The van der Waals surface area contributed by atoms with Gasteiger partial charge in [-0.1, -0.05) is 6.07 Å². The molecule has 0 unspecified atom stereocenters. The molecule has 0 atom stereocenters. The van der Waals surface area contributed by atoms with Gasteiger partial charge < -0.3 is 10.3 Å². The van der Waals surface area contributed by atoms with Crippen molar-refractivity contribution >= 4 is 22.5 Å². The molecule has 1 heterocycles. The molecule has 1 aromatic heterocycles. The highest BCUT2D eigenvalue weighted by molar-refractivity contribution is 5.96. The lowest BCUT2D eigenvalue weighted by Gasteiger charge is -2.06. The molecule has 92 valence electrons. The second-order valence-electron chi connectivity index (χ2n) is 4.85. The highest BCUT2D eigenvalue weighted by Gasteiger charge is 2.29. The van der Waals surface area contributed by atoms with Gasteiger partial charge in [-0.25, -0.2) is 0 Å². The third kappa shape index (κ3) is 2.01. The van der Waals surface area contributed by atoms with E-state index < -0.39 is 0 Å². The van der Waals surface area contributed by atoms with E-state index in [-0.39, 0.29) is 17.4 Å². The van der Waals surface area contributed by atoms with Crippen molar-refractivity contribution in [1.82, 2.24) is 4.98 Å². The number of rotatable bonds is 2. The number of carbonyl (C=O) groups excluding carboxylic acids is 1. The van der Waals surface area contributed by atoms with Crippen LogP contribution >= 0.6 is 0 Å². The van der Waals surface area contributed by atoms with Crippen LogP contribution in [0.4, 0.5) is 5.69 Å². The fourth-order valence-corrected chi connectivity index (χ4v) is 1.98. The minimum atomic E-state index is -0.0897. The fraction of sp³-hybridized carbons (Fsp3) is 0.286. The van der Waals surface area contributed by atoms with Crippen LogP contribution in [0.15, 0.2) is 29.1 Å². The van der Waals surface area contributed by atoms with Gasteiger partial charge in [0.15, 0.2) is 0 Å². The van der Waals surface area contributed by atoms with Gasteiger partial charge in [0.2, 0.25) is 5.91 Å². The monoisotopic (exact) mass is 242 g/mol. The molecular formula is C14H14N2O2. The number of hydrogen-bond donors (Lipinski definition) is 2. The topological polar surface area (TPSA) is 62.0 Å². The van der Waals surface area contributed by atoms with E-state index in [1.165, 1.54) is 0 Å². The number of nitrogens with one attached hydrogen (secondary N) is 2. The van der Waals surface area contributed by atoms with Crippen LogP contribution in [0.5, 0.6) is 0 Å². The van der Waals surface area contributed by atoms with Crippen LogP contribution in [0.2, 0.25) is 0 Å². The molecular weight excluding hydrogens is 228 g/mol. The van der Waals surface area contributed by atoms with Crippen LogP contribution in [-0.4, -0.2) is 10.9 Å². The van der Waals surface area contributed by atoms with Gasteiger partial charge >= 0.3 is 0 Å². The SMILES string of the molecule is Cc1cc2ccc(NC(=O)C3CC3)cc2[nH]c1=O. The Morgan fingerprint density at radius 3 is 2.83 bits per heavy atom. The van der Waals surface area contributed by atoms with E-state index in [0.29, 0.717) is 5.56 Å². The first-order chi connectivity index (χ1) is 8.63. The Kier molecular flexibility index (Phi) is 2.44. The lowest BCUT2D eigenvalue weighted by atomic mass is 10.1. The summed E-state index contributed by atoms with van der Waals surface area (Å²) in [4.78, 5) is 26.0. The molecule has 1 aliphatic carbocycles. The van der Waals surface area contributed by atoms with Crippen LogP contribution in [0.25, 0.3) is 10.9 Å². The molecule has 1 aliphatic rings. The Balaban J connectivity index is 1.97. The van der Waals surface area contributed by atoms with Gasteiger partial charge in [-0.3, -0.25) is 9.59 Å². The number of fused-ring (bicyclic) bond motifs is 1. The fourth-order valence-electron chi connectivity index (χ4n) is 1.98. The van der Waals surface area contributed by atoms with Gasteiger partial charge in [-0.2, -0.15) is 0 Å². The molecule has 0 saturated heterocycles. The summed E-state index contributed by atoms with van der Waals surface area (Å²) in [6, 6.07) is 7.41. The molecule has 4 nitrogen and oxygen atoms in total. The Morgan fingerprint density at radius 2 is 2.11 bits per heavy atom. The molecule has 1 fully saturated rings. The molecule has 0 radical (unpaired) electrons. The van der Waals surface area contributed by atoms with Crippen molar-refractivity contribution in [2.45, 2.75) is 19.8 Å². The summed E-state index contributed by atoms with van der Waals surface area (Å²) in [5.74, 6) is 0.251. The standard InChI is InChI=1S/C14H14N2O2/c1-8-6-10-4-5-11(7-12(10)16-13(8)17)15-14(18)9-2-3-9/h4-7,9H,2-3H2,1H3,(H,15,18)(H,16,17). The molecule has 2 aromatic rings. The van der Waals surface area contributed by atoms with E-state index in [9.17, 15) is 9.59 Å². The molecule has 0 spiro atoms. The first kappa shape index (κ1) is 11.0. The smallest absolute Gasteiger partial charge is 0.251 e. The highest BCUT2D eigenvalue weighted by Crippen LogP contribution is 2.30. The summed E-state index contributed by atoms with van der Waals surface area (Å²) >= 11 is 0. The van der Waals surface area contributed by atoms with Crippen LogP contribution in [0, 0.1) is 12.8 Å². The zero-order valence-corrected chi connectivity index (χ0v) is 10.1. The van der Waals surface area contributed by atoms with Crippen LogP contribution in [-0.2, 0) is 4.79 Å². The largest absolute Gasteiger partial charge is 0.326 e. The third-order valence-corrected chi connectivity index (χ3v) is 3.25. The number of benzene rings is 1. The first-order valence-electron chi connectivity index (χ1n) is 6.08. The zero-order chi connectivity index (χ0) is 12.7. The molecule has 4 heteroatoms. The maximum absolute atomic E-state index is 11.6. The molecule has 0 bridgehead atoms. The molecule has 18 heavy (non-hydrogen) atoms. The number of aromatic amines is 1. The van der Waals surface area contributed by atoms with Crippen molar-refractivity contribution in [2.24, 2.45) is 5.92 Å². The number of H-pyrrole nitrogens is 1. The average Bonchev–Trinajstić information content (AvgIpc) is 3.15. The number of aromatic nitrogens is 1. The molecule has 1 aromatic carbocycles. The second-order valence-corrected chi connectivity index (χ2v) is 4.85.